The molecule has 6 nitrogen and oxygen atoms in total. The molecule has 0 radical (unpaired) electrons. The summed E-state index contributed by atoms with van der Waals surface area (Å²) in [7, 11) is 0. The van der Waals surface area contributed by atoms with Crippen LogP contribution >= 0.6 is 11.3 Å². The highest BCUT2D eigenvalue weighted by atomic mass is 32.1. The van der Waals surface area contributed by atoms with Crippen LogP contribution in [0.4, 0.5) is 0 Å². The Morgan fingerprint density at radius 3 is 2.85 bits per heavy atom. The number of piperidine rings is 1. The molecule has 2 fully saturated rings. The van der Waals surface area contributed by atoms with Gasteiger partial charge in [-0.1, -0.05) is 6.07 Å². The Labute approximate surface area is 162 Å². The molecule has 0 aliphatic carbocycles. The Kier molecular flexibility index (Phi) is 5.71. The molecule has 0 N–H and O–H groups in total. The summed E-state index contributed by atoms with van der Waals surface area (Å²) in [6, 6.07) is 5.59. The van der Waals surface area contributed by atoms with E-state index in [1.807, 2.05) is 23.6 Å². The molecule has 7 heteroatoms. The minimum Gasteiger partial charge on any atom is -0.467 e. The molecular weight excluding hydrogens is 364 g/mol. The second-order valence-electron chi connectivity index (χ2n) is 7.12. The third-order valence-corrected chi connectivity index (χ3v) is 6.11. The van der Waals surface area contributed by atoms with Crippen molar-refractivity contribution in [3.63, 3.8) is 0 Å². The number of ether oxygens (including phenoxy) is 1. The number of likely N-dealkylation sites (tertiary alicyclic amines) is 1. The van der Waals surface area contributed by atoms with Crippen molar-refractivity contribution in [1.82, 2.24) is 9.80 Å². The third-order valence-electron chi connectivity index (χ3n) is 5.23. The number of carbonyl (C=O) groups excluding carboxylic acids is 2. The summed E-state index contributed by atoms with van der Waals surface area (Å²) >= 11 is 1.47. The van der Waals surface area contributed by atoms with Gasteiger partial charge in [0.15, 0.2) is 5.78 Å². The van der Waals surface area contributed by atoms with Crippen molar-refractivity contribution in [2.45, 2.75) is 19.4 Å². The summed E-state index contributed by atoms with van der Waals surface area (Å²) in [6.07, 6.45) is 3.24. The zero-order valence-electron chi connectivity index (χ0n) is 15.3. The van der Waals surface area contributed by atoms with Gasteiger partial charge in [0.05, 0.1) is 30.2 Å². The van der Waals surface area contributed by atoms with Crippen LogP contribution in [0.3, 0.4) is 0 Å². The SMILES string of the molecule is O=C(c1cccs1)[C@@H]1CCCN(C(=O)c2coc(CN3CCOCC3)c2)C1. The molecule has 2 aromatic rings. The smallest absolute Gasteiger partial charge is 0.257 e. The van der Waals surface area contributed by atoms with Gasteiger partial charge in [-0.15, -0.1) is 11.3 Å². The molecule has 0 aromatic carbocycles. The molecule has 4 heterocycles. The van der Waals surface area contributed by atoms with Crippen LogP contribution in [0.15, 0.2) is 34.3 Å². The van der Waals surface area contributed by atoms with Gasteiger partial charge >= 0.3 is 0 Å². The average Bonchev–Trinajstić information content (AvgIpc) is 3.40. The Morgan fingerprint density at radius 2 is 2.07 bits per heavy atom. The van der Waals surface area contributed by atoms with E-state index in [4.69, 9.17) is 9.15 Å². The van der Waals surface area contributed by atoms with Gasteiger partial charge < -0.3 is 14.1 Å². The first-order chi connectivity index (χ1) is 13.2. The number of rotatable bonds is 5. The summed E-state index contributed by atoms with van der Waals surface area (Å²) in [6.45, 7) is 5.10. The fourth-order valence-electron chi connectivity index (χ4n) is 3.73. The molecule has 0 bridgehead atoms. The summed E-state index contributed by atoms with van der Waals surface area (Å²) in [4.78, 5) is 30.3. The zero-order valence-corrected chi connectivity index (χ0v) is 16.1. The number of Topliss-reactive ketones (excluding diaryl/α,β-unsaturated/α-hetero) is 1. The van der Waals surface area contributed by atoms with E-state index in [1.54, 1.807) is 11.2 Å². The van der Waals surface area contributed by atoms with Crippen molar-refractivity contribution in [2.24, 2.45) is 5.92 Å². The Bertz CT molecular complexity index is 780. The van der Waals surface area contributed by atoms with E-state index >= 15 is 0 Å². The van der Waals surface area contributed by atoms with Gasteiger partial charge in [-0.05, 0) is 30.4 Å². The van der Waals surface area contributed by atoms with Crippen molar-refractivity contribution < 1.29 is 18.7 Å². The lowest BCUT2D eigenvalue weighted by molar-refractivity contribution is 0.0313. The molecule has 0 saturated carbocycles. The molecule has 27 heavy (non-hydrogen) atoms. The lowest BCUT2D eigenvalue weighted by Gasteiger charge is -2.31. The lowest BCUT2D eigenvalue weighted by Crippen LogP contribution is -2.42. The predicted molar refractivity (Wildman–Crippen MR) is 102 cm³/mol. The van der Waals surface area contributed by atoms with E-state index in [2.05, 4.69) is 4.90 Å². The molecular formula is C20H24N2O4S. The molecule has 2 saturated heterocycles. The zero-order chi connectivity index (χ0) is 18.6. The van der Waals surface area contributed by atoms with Crippen LogP contribution in [-0.2, 0) is 11.3 Å². The van der Waals surface area contributed by atoms with Crippen molar-refractivity contribution in [1.29, 1.82) is 0 Å². The van der Waals surface area contributed by atoms with Crippen LogP contribution in [0.1, 0.15) is 38.6 Å². The van der Waals surface area contributed by atoms with Crippen molar-refractivity contribution in [2.75, 3.05) is 39.4 Å². The number of nitrogens with zero attached hydrogens (tertiary/aromatic N) is 2. The third kappa shape index (κ3) is 4.31. The van der Waals surface area contributed by atoms with E-state index < -0.39 is 0 Å². The standard InChI is InChI=1S/C20H24N2O4S/c23-19(18-4-2-10-27-18)15-3-1-5-22(12-15)20(24)16-11-17(26-14-16)13-21-6-8-25-9-7-21/h2,4,10-11,14-15H,1,3,5-9,12-13H2/t15-/m1/s1. The lowest BCUT2D eigenvalue weighted by atomic mass is 9.92. The van der Waals surface area contributed by atoms with Crippen LogP contribution in [0.2, 0.25) is 0 Å². The van der Waals surface area contributed by atoms with Gasteiger partial charge in [0, 0.05) is 32.1 Å². The number of morpholine rings is 1. The fourth-order valence-corrected chi connectivity index (χ4v) is 4.48. The normalized spacial score (nSPS) is 21.3. The van der Waals surface area contributed by atoms with E-state index in [9.17, 15) is 9.59 Å². The Balaban J connectivity index is 1.38. The molecule has 1 amide bonds. The molecule has 4 rings (SSSR count). The Hall–Kier alpha value is -1.96. The number of hydrogen-bond acceptors (Lipinski definition) is 6. The quantitative estimate of drug-likeness (QED) is 0.737. The van der Waals surface area contributed by atoms with Gasteiger partial charge in [0.2, 0.25) is 0 Å². The van der Waals surface area contributed by atoms with E-state index in [-0.39, 0.29) is 17.6 Å². The van der Waals surface area contributed by atoms with Gasteiger partial charge in [-0.3, -0.25) is 14.5 Å². The maximum Gasteiger partial charge on any atom is 0.257 e. The van der Waals surface area contributed by atoms with Gasteiger partial charge in [-0.25, -0.2) is 0 Å². The highest BCUT2D eigenvalue weighted by molar-refractivity contribution is 7.12. The maximum atomic E-state index is 12.9. The van der Waals surface area contributed by atoms with Crippen LogP contribution in [0.5, 0.6) is 0 Å². The minimum absolute atomic E-state index is 0.0457. The molecule has 2 aliphatic heterocycles. The molecule has 1 atom stereocenters. The van der Waals surface area contributed by atoms with Gasteiger partial charge in [-0.2, -0.15) is 0 Å². The van der Waals surface area contributed by atoms with E-state index in [1.165, 1.54) is 11.3 Å². The highest BCUT2D eigenvalue weighted by Crippen LogP contribution is 2.25. The van der Waals surface area contributed by atoms with Crippen LogP contribution in [-0.4, -0.2) is 60.9 Å². The monoisotopic (exact) mass is 388 g/mol. The van der Waals surface area contributed by atoms with Gasteiger partial charge in [0.1, 0.15) is 12.0 Å². The first-order valence-electron chi connectivity index (χ1n) is 9.45. The van der Waals surface area contributed by atoms with E-state index in [0.29, 0.717) is 25.2 Å². The van der Waals surface area contributed by atoms with Crippen LogP contribution < -0.4 is 0 Å². The molecule has 0 spiro atoms. The summed E-state index contributed by atoms with van der Waals surface area (Å²) in [5, 5.41) is 1.92. The number of hydrogen-bond donors (Lipinski definition) is 0. The van der Waals surface area contributed by atoms with Gasteiger partial charge in [0.25, 0.3) is 5.91 Å². The summed E-state index contributed by atoms with van der Waals surface area (Å²) in [5.74, 6) is 0.794. The largest absolute Gasteiger partial charge is 0.467 e. The van der Waals surface area contributed by atoms with Crippen LogP contribution in [0.25, 0.3) is 0 Å². The maximum absolute atomic E-state index is 12.9. The second-order valence-corrected chi connectivity index (χ2v) is 8.07. The number of thiophene rings is 1. The molecule has 144 valence electrons. The molecule has 2 aliphatic rings. The Morgan fingerprint density at radius 1 is 1.22 bits per heavy atom. The number of ketones is 1. The van der Waals surface area contributed by atoms with Crippen LogP contribution in [0, 0.1) is 5.92 Å². The first-order valence-corrected chi connectivity index (χ1v) is 10.3. The number of furan rings is 1. The summed E-state index contributed by atoms with van der Waals surface area (Å²) < 4.78 is 11.0. The average molecular weight is 388 g/mol. The predicted octanol–water partition coefficient (Wildman–Crippen LogP) is 2.91. The minimum atomic E-state index is -0.110. The second kappa shape index (κ2) is 8.37. The van der Waals surface area contributed by atoms with Crippen molar-refractivity contribution >= 4 is 23.0 Å². The van der Waals surface area contributed by atoms with Crippen molar-refractivity contribution in [3.8, 4) is 0 Å². The number of carbonyl (C=O) groups is 2. The summed E-state index contributed by atoms with van der Waals surface area (Å²) in [5.41, 5.74) is 0.572. The highest BCUT2D eigenvalue weighted by Gasteiger charge is 2.30. The molecule has 2 aromatic heterocycles. The first kappa shape index (κ1) is 18.4. The molecule has 0 unspecified atom stereocenters. The topological polar surface area (TPSA) is 63.0 Å². The van der Waals surface area contributed by atoms with E-state index in [0.717, 1.165) is 49.8 Å². The van der Waals surface area contributed by atoms with Crippen molar-refractivity contribution in [3.05, 3.63) is 46.0 Å². The fraction of sp³-hybridized carbons (Fsp3) is 0.500. The number of amides is 1.